The lowest BCUT2D eigenvalue weighted by Gasteiger charge is -2.37. The Bertz CT molecular complexity index is 2930. The zero-order valence-electron chi connectivity index (χ0n) is 48.3. The molecule has 2 aromatic heterocycles. The molecule has 3 heterocycles. The van der Waals surface area contributed by atoms with Gasteiger partial charge in [-0.25, -0.2) is 4.98 Å². The van der Waals surface area contributed by atoms with Crippen LogP contribution >= 0.6 is 11.3 Å². The maximum atomic E-state index is 14.1. The van der Waals surface area contributed by atoms with Crippen molar-refractivity contribution in [2.45, 2.75) is 112 Å². The zero-order chi connectivity index (χ0) is 58.1. The number of carbonyl (C=O) groups excluding carboxylic acids is 4. The zero-order valence-corrected chi connectivity index (χ0v) is 49.1. The Morgan fingerprint density at radius 3 is 2.04 bits per heavy atom. The number of aliphatic hydroxyl groups is 1. The Morgan fingerprint density at radius 1 is 0.790 bits per heavy atom. The lowest BCUT2D eigenvalue weighted by molar-refractivity contribution is -0.138. The molecule has 4 atom stereocenters. The highest BCUT2D eigenvalue weighted by Crippen LogP contribution is 2.38. The summed E-state index contributed by atoms with van der Waals surface area (Å²) in [4.78, 5) is 77.9. The van der Waals surface area contributed by atoms with Crippen LogP contribution in [0.2, 0.25) is 0 Å². The number of nitrogens with one attached hydrogen (secondary N) is 4. The van der Waals surface area contributed by atoms with Gasteiger partial charge in [0.05, 0.1) is 80.4 Å². The Labute approximate surface area is 480 Å². The van der Waals surface area contributed by atoms with Gasteiger partial charge in [0, 0.05) is 67.3 Å². The number of aliphatic hydroxyl groups excluding tert-OH is 1. The number of benzene rings is 3. The van der Waals surface area contributed by atoms with Gasteiger partial charge in [0.25, 0.3) is 11.5 Å². The van der Waals surface area contributed by atoms with E-state index < -0.39 is 35.3 Å². The van der Waals surface area contributed by atoms with Crippen molar-refractivity contribution in [3.63, 3.8) is 0 Å². The van der Waals surface area contributed by atoms with Crippen LogP contribution in [0.1, 0.15) is 97.4 Å². The quantitative estimate of drug-likeness (QED) is 0.0291. The van der Waals surface area contributed by atoms with E-state index in [1.807, 2.05) is 115 Å². The van der Waals surface area contributed by atoms with E-state index in [9.17, 15) is 29.1 Å². The van der Waals surface area contributed by atoms with Gasteiger partial charge in [0.1, 0.15) is 19.0 Å². The molecule has 0 radical (unpaired) electrons. The number of pyridine rings is 1. The lowest BCUT2D eigenvalue weighted by Crippen LogP contribution is -2.53. The highest BCUT2D eigenvalue weighted by atomic mass is 32.1. The van der Waals surface area contributed by atoms with Gasteiger partial charge < -0.3 is 59.4 Å². The number of thiazole rings is 1. The average Bonchev–Trinajstić information content (AvgIpc) is 4.07. The van der Waals surface area contributed by atoms with E-state index in [0.717, 1.165) is 74.7 Å². The normalized spacial score (nSPS) is 16.9. The average molecular weight is 1140 g/mol. The van der Waals surface area contributed by atoms with Crippen LogP contribution in [0.3, 0.4) is 0 Å². The lowest BCUT2D eigenvalue weighted by atomic mass is 9.77. The van der Waals surface area contributed by atoms with Crippen molar-refractivity contribution in [3.05, 3.63) is 122 Å². The van der Waals surface area contributed by atoms with Crippen LogP contribution in [0.15, 0.2) is 77.0 Å². The smallest absolute Gasteiger partial charge is 0.253 e. The number of hydrogen-bond donors (Lipinski definition) is 5. The summed E-state index contributed by atoms with van der Waals surface area (Å²) in [7, 11) is 0. The van der Waals surface area contributed by atoms with Gasteiger partial charge in [0.2, 0.25) is 11.8 Å². The van der Waals surface area contributed by atoms with E-state index in [-0.39, 0.29) is 75.0 Å². The van der Waals surface area contributed by atoms with Crippen LogP contribution in [0, 0.1) is 44.9 Å². The number of aromatic amines is 1. The number of aryl methyl sites for hydroxylation is 3. The fourth-order valence-corrected chi connectivity index (χ4v) is 11.4. The predicted octanol–water partition coefficient (Wildman–Crippen LogP) is 7.58. The second-order valence-corrected chi connectivity index (χ2v) is 22.8. The van der Waals surface area contributed by atoms with Gasteiger partial charge in [-0.15, -0.1) is 11.3 Å². The maximum absolute atomic E-state index is 14.1. The molecule has 438 valence electrons. The molecule has 18 nitrogen and oxygen atoms in total. The van der Waals surface area contributed by atoms with Crippen molar-refractivity contribution in [1.29, 1.82) is 0 Å². The van der Waals surface area contributed by atoms with Gasteiger partial charge in [-0.1, -0.05) is 57.2 Å². The van der Waals surface area contributed by atoms with E-state index in [4.69, 9.17) is 28.4 Å². The van der Waals surface area contributed by atoms with Crippen molar-refractivity contribution in [3.8, 4) is 27.3 Å². The van der Waals surface area contributed by atoms with Crippen LogP contribution in [0.5, 0.6) is 5.75 Å². The minimum atomic E-state index is -0.903. The second kappa shape index (κ2) is 30.1. The first kappa shape index (κ1) is 62.3. The number of carbonyl (C=O) groups is 4. The maximum Gasteiger partial charge on any atom is 0.253 e. The molecule has 19 heteroatoms. The number of amides is 3. The SMILES string of the molecule is CCN(c1cc(-c2ccc(OCCOCCOCCOCCOCC(=O)N[C@H](C(=O)C3C[C@H](O)C[C@H]3C(=O)NCc3ccc(-c4scnc4C)cc3)C(C)(C)C)cc2)cc(C(=O)NCc2c(C)cc(C)[nH]c2=O)c1C)C1CCOCC1. The van der Waals surface area contributed by atoms with Crippen LogP contribution in [-0.4, -0.2) is 136 Å². The molecule has 7 rings (SSSR count). The first-order valence-corrected chi connectivity index (χ1v) is 29.1. The molecule has 5 N–H and O–H groups in total. The molecule has 81 heavy (non-hydrogen) atoms. The molecule has 0 bridgehead atoms. The number of anilines is 1. The Kier molecular flexibility index (Phi) is 23.2. The van der Waals surface area contributed by atoms with Crippen LogP contribution in [-0.2, 0) is 51.2 Å². The number of aromatic nitrogens is 2. The molecule has 5 aromatic rings. The molecule has 1 aliphatic carbocycles. The van der Waals surface area contributed by atoms with Crippen LogP contribution in [0.25, 0.3) is 21.6 Å². The predicted molar refractivity (Wildman–Crippen MR) is 313 cm³/mol. The van der Waals surface area contributed by atoms with Crippen molar-refractivity contribution in [1.82, 2.24) is 25.9 Å². The molecule has 1 saturated heterocycles. The fraction of sp³-hybridized carbons (Fsp3) is 0.516. The Morgan fingerprint density at radius 2 is 1.42 bits per heavy atom. The number of rotatable bonds is 29. The van der Waals surface area contributed by atoms with Gasteiger partial charge in [0.15, 0.2) is 5.78 Å². The summed E-state index contributed by atoms with van der Waals surface area (Å²) in [6.07, 6.45) is 1.30. The minimum absolute atomic E-state index is 0.111. The van der Waals surface area contributed by atoms with E-state index in [1.54, 1.807) is 11.3 Å². The van der Waals surface area contributed by atoms with Crippen LogP contribution in [0.4, 0.5) is 5.69 Å². The van der Waals surface area contributed by atoms with Crippen molar-refractivity contribution in [2.24, 2.45) is 17.3 Å². The summed E-state index contributed by atoms with van der Waals surface area (Å²) in [5, 5.41) is 19.4. The minimum Gasteiger partial charge on any atom is -0.491 e. The monoisotopic (exact) mass is 1130 g/mol. The molecule has 1 aliphatic heterocycles. The second-order valence-electron chi connectivity index (χ2n) is 22.0. The largest absolute Gasteiger partial charge is 0.491 e. The Hall–Kier alpha value is -6.32. The third-order valence-electron chi connectivity index (χ3n) is 15.0. The first-order chi connectivity index (χ1) is 38.9. The van der Waals surface area contributed by atoms with E-state index in [2.05, 4.69) is 43.8 Å². The summed E-state index contributed by atoms with van der Waals surface area (Å²) >= 11 is 1.57. The third kappa shape index (κ3) is 17.6. The number of ether oxygens (including phenoxy) is 6. The first-order valence-electron chi connectivity index (χ1n) is 28.2. The summed E-state index contributed by atoms with van der Waals surface area (Å²) in [5.74, 6) is -2.11. The fourth-order valence-electron chi connectivity index (χ4n) is 10.6. The summed E-state index contributed by atoms with van der Waals surface area (Å²) < 4.78 is 34.2. The number of hydrogen-bond acceptors (Lipinski definition) is 15. The van der Waals surface area contributed by atoms with Crippen LogP contribution < -0.4 is 31.1 Å². The highest BCUT2D eigenvalue weighted by molar-refractivity contribution is 7.13. The topological polar surface area (TPSA) is 229 Å². The van der Waals surface area contributed by atoms with Crippen molar-refractivity contribution < 1.29 is 52.7 Å². The molecule has 3 amide bonds. The molecule has 2 aliphatic rings. The van der Waals surface area contributed by atoms with Gasteiger partial charge >= 0.3 is 0 Å². The Balaban J connectivity index is 0.772. The van der Waals surface area contributed by atoms with Gasteiger partial charge in [-0.3, -0.25) is 24.0 Å². The van der Waals surface area contributed by atoms with Crippen molar-refractivity contribution >= 4 is 40.5 Å². The third-order valence-corrected chi connectivity index (χ3v) is 16.0. The molecule has 3 aromatic carbocycles. The molecule has 0 spiro atoms. The highest BCUT2D eigenvalue weighted by Gasteiger charge is 2.47. The molecule has 1 saturated carbocycles. The van der Waals surface area contributed by atoms with E-state index in [0.29, 0.717) is 69.7 Å². The molecule has 1 unspecified atom stereocenters. The number of nitrogens with zero attached hydrogens (tertiary/aromatic N) is 2. The van der Waals surface area contributed by atoms with E-state index >= 15 is 0 Å². The number of ketones is 1. The number of Topliss-reactive ketones (excluding diaryl/α,β-unsaturated/α-hetero) is 1. The van der Waals surface area contributed by atoms with Gasteiger partial charge in [-0.2, -0.15) is 0 Å². The van der Waals surface area contributed by atoms with Crippen molar-refractivity contribution in [2.75, 3.05) is 84.1 Å². The number of H-pyrrole nitrogens is 1. The van der Waals surface area contributed by atoms with E-state index in [1.165, 1.54) is 0 Å². The molecular weight excluding hydrogens is 1050 g/mol. The summed E-state index contributed by atoms with van der Waals surface area (Å²) in [6, 6.07) is 21.0. The summed E-state index contributed by atoms with van der Waals surface area (Å²) in [5.41, 5.74) is 10.2. The van der Waals surface area contributed by atoms with Gasteiger partial charge in [-0.05, 0) is 129 Å². The molecular formula is C62H82N6O12S. The molecule has 2 fully saturated rings. The summed E-state index contributed by atoms with van der Waals surface area (Å²) in [6.45, 7) is 20.1. The standard InChI is InChI=1S/C62H82N6O12S/c1-9-68(47-18-20-75-21-19-47)54-32-46(31-50(41(54)4)59(72)64-36-53-39(2)30-40(3)66-61(53)74)44-14-16-49(17-15-44)80-29-28-78-25-24-76-22-23-77-26-27-79-37-55(70)67-58(62(6,7)8)56(71)51-33-48(69)34-52(51)60(73)63-35-43-10-12-45(13-11-43)57-42(5)65-38-81-57/h10-17,30-32,38,47-48,51-52,58,69H,9,18-29,33-37H2,1-8H3,(H,63,73)(H,64,72)(H,66,74)(H,67,70)/t48-,51?,52+,58+/m0/s1.